The number of amides is 2. The average molecular weight is 678 g/mol. The molecule has 1 fully saturated rings. The van der Waals surface area contributed by atoms with Gasteiger partial charge in [0.1, 0.15) is 32.8 Å². The number of hydrogen-bond acceptors (Lipinski definition) is 13. The van der Waals surface area contributed by atoms with Gasteiger partial charge in [-0.1, -0.05) is 28.1 Å². The van der Waals surface area contributed by atoms with Crippen LogP contribution < -0.4 is 32.2 Å². The molecule has 19 heteroatoms. The summed E-state index contributed by atoms with van der Waals surface area (Å²) in [7, 11) is 0. The number of carbonyl (C=O) groups is 4. The number of nitrogens with two attached hydrogens (primary N) is 3. The number of aliphatic carboxylic acids is 2. The van der Waals surface area contributed by atoms with Crippen LogP contribution in [0.1, 0.15) is 19.5 Å². The number of hydrogen-bond donors (Lipinski definition) is 5. The third-order valence-electron chi connectivity index (χ3n) is 7.03. The van der Waals surface area contributed by atoms with Gasteiger partial charge in [-0.3, -0.25) is 14.5 Å². The Bertz CT molecular complexity index is 1790. The van der Waals surface area contributed by atoms with Crippen molar-refractivity contribution >= 4 is 86.1 Å². The van der Waals surface area contributed by atoms with Gasteiger partial charge >= 0.3 is 5.97 Å². The first-order valence-electron chi connectivity index (χ1n) is 13.4. The van der Waals surface area contributed by atoms with Gasteiger partial charge in [-0.15, -0.1) is 11.8 Å². The zero-order valence-corrected chi connectivity index (χ0v) is 26.2. The molecule has 5 heterocycles. The molecule has 238 valence electrons. The van der Waals surface area contributed by atoms with Gasteiger partial charge in [-0.25, -0.2) is 9.78 Å². The van der Waals surface area contributed by atoms with Crippen molar-refractivity contribution in [2.75, 3.05) is 17.2 Å². The molecule has 1 unspecified atom stereocenters. The van der Waals surface area contributed by atoms with Crippen LogP contribution >= 0.6 is 34.7 Å². The quantitative estimate of drug-likeness (QED) is 0.0698. The second kappa shape index (κ2) is 12.5. The Kier molecular flexibility index (Phi) is 8.92. The molecule has 2 aliphatic heterocycles. The minimum absolute atomic E-state index is 0.00790. The largest absolute Gasteiger partial charge is 0.543 e. The first-order chi connectivity index (χ1) is 21.3. The minimum atomic E-state index is -1.54. The lowest BCUT2D eigenvalue weighted by Gasteiger charge is -2.50. The second-order valence-corrected chi connectivity index (χ2v) is 13.1. The predicted octanol–water partition coefficient (Wildman–Crippen LogP) is -1.15. The van der Waals surface area contributed by atoms with Gasteiger partial charge in [-0.2, -0.15) is 4.57 Å². The van der Waals surface area contributed by atoms with Crippen LogP contribution in [0.5, 0.6) is 0 Å². The van der Waals surface area contributed by atoms with Gasteiger partial charge in [0.25, 0.3) is 11.8 Å². The molecule has 4 atom stereocenters. The summed E-state index contributed by atoms with van der Waals surface area (Å²) in [4.78, 5) is 60.2. The molecule has 0 aromatic carbocycles. The molecule has 0 radical (unpaired) electrons. The number of fused-ring (bicyclic) bond motifs is 2. The lowest BCUT2D eigenvalue weighted by molar-refractivity contribution is -0.663. The third-order valence-corrected chi connectivity index (χ3v) is 9.45. The smallest absolute Gasteiger partial charge is 0.347 e. The summed E-state index contributed by atoms with van der Waals surface area (Å²) in [6, 6.07) is 4.16. The number of thioether (sulfide) groups is 1. The van der Waals surface area contributed by atoms with Gasteiger partial charge in [0.05, 0.1) is 17.7 Å². The van der Waals surface area contributed by atoms with Gasteiger partial charge in [-0.05, 0) is 19.9 Å². The van der Waals surface area contributed by atoms with E-state index in [4.69, 9.17) is 38.7 Å². The standard InChI is InChI=1S/C26H28ClN9O7S2/c1-10(28)7-35-13-4-3-5-34(14(13)6-15(35)29)8-12-9-44-23-18(22(38)36(23)19(12)25(41)42)31-21(37)17(33-43-11(2)24(39)40)16-20(27)45-26(30)32-16/h3-6,10-11,18,23,29H,7-9,28H2,1-2H3,(H5,30,31,32,37,39,40,41,42)/b33-17-/t10-,11-,18+,23?/m0/s1. The molecule has 0 spiro atoms. The fourth-order valence-electron chi connectivity index (χ4n) is 4.96. The molecule has 0 saturated carbocycles. The highest BCUT2D eigenvalue weighted by molar-refractivity contribution is 8.00. The number of nitrogens with zero attached hydrogens (tertiary/aromatic N) is 5. The Hall–Kier alpha value is -4.39. The summed E-state index contributed by atoms with van der Waals surface area (Å²) >= 11 is 8.26. The summed E-state index contributed by atoms with van der Waals surface area (Å²) < 4.78 is 3.69. The van der Waals surface area contributed by atoms with Crippen molar-refractivity contribution in [2.45, 2.75) is 50.5 Å². The van der Waals surface area contributed by atoms with Crippen LogP contribution in [-0.2, 0) is 37.1 Å². The van der Waals surface area contributed by atoms with Crippen molar-refractivity contribution in [1.29, 1.82) is 0 Å². The van der Waals surface area contributed by atoms with Crippen LogP contribution in [0.4, 0.5) is 10.9 Å². The molecule has 3 aromatic rings. The van der Waals surface area contributed by atoms with Crippen LogP contribution in [0.2, 0.25) is 4.34 Å². The van der Waals surface area contributed by atoms with E-state index in [0.717, 1.165) is 27.3 Å². The molecule has 2 aliphatic rings. The number of thiazole rings is 1. The molecule has 1 saturated heterocycles. The highest BCUT2D eigenvalue weighted by Gasteiger charge is 2.53. The summed E-state index contributed by atoms with van der Waals surface area (Å²) in [6.45, 7) is 3.67. The van der Waals surface area contributed by atoms with E-state index in [-0.39, 0.29) is 39.2 Å². The number of pyridine rings is 1. The van der Waals surface area contributed by atoms with E-state index in [2.05, 4.69) is 15.5 Å². The van der Waals surface area contributed by atoms with Crippen molar-refractivity contribution in [2.24, 2.45) is 10.9 Å². The Morgan fingerprint density at radius 3 is 2.71 bits per heavy atom. The van der Waals surface area contributed by atoms with Crippen molar-refractivity contribution in [3.8, 4) is 0 Å². The molecule has 0 aliphatic carbocycles. The maximum Gasteiger partial charge on any atom is 0.347 e. The van der Waals surface area contributed by atoms with Crippen molar-refractivity contribution in [3.63, 3.8) is 0 Å². The lowest BCUT2D eigenvalue weighted by atomic mass is 10.0. The number of carboxylic acid groups (broad SMARTS) is 2. The number of halogens is 1. The topological polar surface area (TPSA) is 248 Å². The van der Waals surface area contributed by atoms with Crippen molar-refractivity contribution in [3.05, 3.63) is 45.7 Å². The summed E-state index contributed by atoms with van der Waals surface area (Å²) in [6.07, 6.45) is 0.356. The number of nitrogen functional groups attached to an aromatic ring is 2. The van der Waals surface area contributed by atoms with E-state index < -0.39 is 47.0 Å². The number of carboxylic acids is 2. The summed E-state index contributed by atoms with van der Waals surface area (Å²) in [5, 5.41) is 26.9. The van der Waals surface area contributed by atoms with Gasteiger partial charge in [0.2, 0.25) is 11.6 Å². The van der Waals surface area contributed by atoms with Gasteiger partial charge in [0, 0.05) is 30.0 Å². The van der Waals surface area contributed by atoms with Crippen molar-refractivity contribution in [1.82, 2.24) is 19.8 Å². The van der Waals surface area contributed by atoms with Crippen LogP contribution in [0.3, 0.4) is 0 Å². The Morgan fingerprint density at radius 2 is 2.09 bits per heavy atom. The van der Waals surface area contributed by atoms with E-state index >= 15 is 0 Å². The van der Waals surface area contributed by atoms with E-state index in [1.807, 2.05) is 22.1 Å². The fraction of sp³-hybridized carbons (Fsp3) is 0.346. The SMILES string of the molecule is C[C@H](N)Cn1c(N)cc2c1ccc[n+]2CC1=C(C(=O)[O-])N2C(=O)[C@@H](NC(=O)/C(=N\O[C@@H](C)C(=O)O)c3nc(N)sc3Cl)C2SC1. The number of aromatic nitrogens is 3. The molecular formula is C26H28ClN9O7S2. The van der Waals surface area contributed by atoms with Crippen LogP contribution in [-0.4, -0.2) is 78.3 Å². The second-order valence-electron chi connectivity index (χ2n) is 10.4. The first kappa shape index (κ1) is 32.0. The van der Waals surface area contributed by atoms with E-state index in [1.54, 1.807) is 18.3 Å². The van der Waals surface area contributed by atoms with Crippen molar-refractivity contribution < 1.29 is 38.8 Å². The normalized spacial score (nSPS) is 19.6. The van der Waals surface area contributed by atoms with Gasteiger partial charge < -0.3 is 46.9 Å². The van der Waals surface area contributed by atoms with E-state index in [1.165, 1.54) is 18.7 Å². The molecular weight excluding hydrogens is 650 g/mol. The zero-order valence-electron chi connectivity index (χ0n) is 23.8. The Morgan fingerprint density at radius 1 is 1.36 bits per heavy atom. The minimum Gasteiger partial charge on any atom is -0.543 e. The highest BCUT2D eigenvalue weighted by atomic mass is 35.5. The maximum atomic E-state index is 13.3. The number of nitrogens with one attached hydrogen (secondary N) is 1. The maximum absolute atomic E-state index is 13.3. The first-order valence-corrected chi connectivity index (χ1v) is 15.6. The lowest BCUT2D eigenvalue weighted by Crippen LogP contribution is -2.71. The molecule has 45 heavy (non-hydrogen) atoms. The van der Waals surface area contributed by atoms with E-state index in [9.17, 15) is 24.3 Å². The molecule has 5 rings (SSSR count). The summed E-state index contributed by atoms with van der Waals surface area (Å²) in [5.74, 6) is -3.84. The molecule has 8 N–H and O–H groups in total. The Balaban J connectivity index is 1.40. The molecule has 3 aromatic heterocycles. The van der Waals surface area contributed by atoms with Crippen LogP contribution in [0.15, 0.2) is 40.8 Å². The predicted molar refractivity (Wildman–Crippen MR) is 164 cm³/mol. The van der Waals surface area contributed by atoms with Crippen LogP contribution in [0, 0.1) is 0 Å². The average Bonchev–Trinajstić information content (AvgIpc) is 3.48. The number of oxime groups is 1. The zero-order chi connectivity index (χ0) is 32.7. The molecule has 16 nitrogen and oxygen atoms in total. The number of anilines is 2. The Labute approximate surface area is 268 Å². The number of rotatable bonds is 11. The third kappa shape index (κ3) is 6.13. The van der Waals surface area contributed by atoms with Crippen LogP contribution in [0.25, 0.3) is 11.0 Å². The van der Waals surface area contributed by atoms with Gasteiger partial charge in [0.15, 0.2) is 23.6 Å². The van der Waals surface area contributed by atoms with E-state index in [0.29, 0.717) is 17.9 Å². The highest BCUT2D eigenvalue weighted by Crippen LogP contribution is 2.40. The monoisotopic (exact) mass is 677 g/mol. The fourth-order valence-corrected chi connectivity index (χ4v) is 7.23. The number of β-lactam (4-membered cyclic amide) rings is 1. The molecule has 0 bridgehead atoms. The molecule has 2 amide bonds. The number of carbonyl (C=O) groups excluding carboxylic acids is 3. The summed E-state index contributed by atoms with van der Waals surface area (Å²) in [5.41, 5.74) is 18.9.